The zero-order chi connectivity index (χ0) is 9.97. The highest BCUT2D eigenvalue weighted by Crippen LogP contribution is 2.19. The van der Waals surface area contributed by atoms with Gasteiger partial charge in [-0.05, 0) is 19.3 Å². The Labute approximate surface area is 84.3 Å². The Kier molecular flexibility index (Phi) is 2.72. The summed E-state index contributed by atoms with van der Waals surface area (Å²) in [6.45, 7) is 2.92. The Bertz CT molecular complexity index is 246. The molecular weight excluding hydrogens is 178 g/mol. The normalized spacial score (nSPS) is 28.3. The van der Waals surface area contributed by atoms with Gasteiger partial charge in [0, 0.05) is 19.6 Å². The number of likely N-dealkylation sites (tertiary alicyclic amines) is 1. The Balaban J connectivity index is 2.08. The maximum atomic E-state index is 11.2. The first-order valence-corrected chi connectivity index (χ1v) is 5.26. The fourth-order valence-corrected chi connectivity index (χ4v) is 2.23. The maximum Gasteiger partial charge on any atom is 0.316 e. The minimum atomic E-state index is -0.300. The highest BCUT2D eigenvalue weighted by Gasteiger charge is 2.28. The molecule has 0 aromatic carbocycles. The van der Waals surface area contributed by atoms with Crippen molar-refractivity contribution in [3.8, 4) is 0 Å². The summed E-state index contributed by atoms with van der Waals surface area (Å²) in [6.07, 6.45) is 7.74. The molecule has 2 aliphatic heterocycles. The average Bonchev–Trinajstić information content (AvgIpc) is 2.70. The van der Waals surface area contributed by atoms with Crippen LogP contribution < -0.4 is 5.73 Å². The molecule has 78 valence electrons. The Hall–Kier alpha value is -1.03. The number of carbonyl (C=O) groups is 1. The van der Waals surface area contributed by atoms with Crippen molar-refractivity contribution >= 4 is 6.03 Å². The molecule has 1 fully saturated rings. The molecule has 2 N–H and O–H groups in total. The fourth-order valence-electron chi connectivity index (χ4n) is 2.23. The molecule has 1 unspecified atom stereocenters. The van der Waals surface area contributed by atoms with Crippen LogP contribution in [0.2, 0.25) is 0 Å². The van der Waals surface area contributed by atoms with Crippen molar-refractivity contribution in [3.63, 3.8) is 0 Å². The molecule has 4 heteroatoms. The van der Waals surface area contributed by atoms with E-state index in [9.17, 15) is 4.79 Å². The second-order valence-electron chi connectivity index (χ2n) is 3.91. The summed E-state index contributed by atoms with van der Waals surface area (Å²) < 4.78 is 0. The molecule has 0 radical (unpaired) electrons. The van der Waals surface area contributed by atoms with Gasteiger partial charge in [0.2, 0.25) is 0 Å². The molecule has 4 nitrogen and oxygen atoms in total. The third-order valence-electron chi connectivity index (χ3n) is 2.96. The van der Waals surface area contributed by atoms with Crippen LogP contribution in [0.4, 0.5) is 4.79 Å². The largest absolute Gasteiger partial charge is 0.351 e. The number of hydrogen-bond acceptors (Lipinski definition) is 2. The van der Waals surface area contributed by atoms with Gasteiger partial charge in [-0.3, -0.25) is 4.90 Å². The van der Waals surface area contributed by atoms with Crippen LogP contribution in [-0.4, -0.2) is 41.6 Å². The van der Waals surface area contributed by atoms with Gasteiger partial charge in [-0.2, -0.15) is 0 Å². The highest BCUT2D eigenvalue weighted by atomic mass is 16.2. The van der Waals surface area contributed by atoms with Gasteiger partial charge in [0.1, 0.15) is 6.17 Å². The summed E-state index contributed by atoms with van der Waals surface area (Å²) in [6, 6.07) is -0.300. The first-order chi connectivity index (χ1) is 6.79. The van der Waals surface area contributed by atoms with E-state index in [2.05, 4.69) is 17.1 Å². The number of urea groups is 1. The van der Waals surface area contributed by atoms with Gasteiger partial charge in [-0.25, -0.2) is 4.79 Å². The minimum absolute atomic E-state index is 0.115. The molecule has 0 saturated carbocycles. The third kappa shape index (κ3) is 1.75. The molecular formula is C10H17N3O. The number of primary amides is 1. The van der Waals surface area contributed by atoms with E-state index >= 15 is 0 Å². The highest BCUT2D eigenvalue weighted by molar-refractivity contribution is 5.72. The second kappa shape index (κ2) is 4.00. The second-order valence-corrected chi connectivity index (χ2v) is 3.91. The van der Waals surface area contributed by atoms with E-state index < -0.39 is 0 Å². The quantitative estimate of drug-likeness (QED) is 0.628. The van der Waals surface area contributed by atoms with Crippen molar-refractivity contribution in [2.45, 2.75) is 25.4 Å². The summed E-state index contributed by atoms with van der Waals surface area (Å²) in [5.74, 6) is 0. The summed E-state index contributed by atoms with van der Waals surface area (Å²) in [5, 5.41) is 0. The van der Waals surface area contributed by atoms with Crippen molar-refractivity contribution in [3.05, 3.63) is 12.2 Å². The van der Waals surface area contributed by atoms with Gasteiger partial charge in [-0.15, -0.1) is 0 Å². The Morgan fingerprint density at radius 3 is 2.64 bits per heavy atom. The van der Waals surface area contributed by atoms with Crippen LogP contribution >= 0.6 is 0 Å². The van der Waals surface area contributed by atoms with Gasteiger partial charge in [-0.1, -0.05) is 12.2 Å². The van der Waals surface area contributed by atoms with Crippen molar-refractivity contribution < 1.29 is 4.79 Å². The first-order valence-electron chi connectivity index (χ1n) is 5.26. The Morgan fingerprint density at radius 2 is 2.00 bits per heavy atom. The molecule has 2 rings (SSSR count). The van der Waals surface area contributed by atoms with Crippen LogP contribution in [0, 0.1) is 0 Å². The lowest BCUT2D eigenvalue weighted by Gasteiger charge is -2.36. The van der Waals surface area contributed by atoms with Gasteiger partial charge in [0.05, 0.1) is 0 Å². The van der Waals surface area contributed by atoms with Crippen molar-refractivity contribution in [2.24, 2.45) is 5.73 Å². The zero-order valence-corrected chi connectivity index (χ0v) is 8.35. The molecule has 2 aliphatic rings. The van der Waals surface area contributed by atoms with Crippen molar-refractivity contribution in [1.82, 2.24) is 9.80 Å². The summed E-state index contributed by atoms with van der Waals surface area (Å²) in [4.78, 5) is 15.3. The molecule has 1 atom stereocenters. The number of nitrogens with zero attached hydrogens (tertiary/aromatic N) is 2. The third-order valence-corrected chi connectivity index (χ3v) is 2.96. The molecule has 0 aliphatic carbocycles. The van der Waals surface area contributed by atoms with E-state index in [0.717, 1.165) is 26.1 Å². The minimum Gasteiger partial charge on any atom is -0.351 e. The van der Waals surface area contributed by atoms with Crippen LogP contribution in [0.25, 0.3) is 0 Å². The van der Waals surface area contributed by atoms with Crippen LogP contribution in [0.1, 0.15) is 19.3 Å². The summed E-state index contributed by atoms with van der Waals surface area (Å²) in [5.41, 5.74) is 5.35. The van der Waals surface area contributed by atoms with E-state index in [-0.39, 0.29) is 12.2 Å². The van der Waals surface area contributed by atoms with E-state index in [0.29, 0.717) is 0 Å². The molecule has 2 amide bonds. The molecule has 1 saturated heterocycles. The predicted octanol–water partition coefficient (Wildman–Crippen LogP) is 0.749. The molecule has 2 heterocycles. The molecule has 0 aromatic rings. The SMILES string of the molecule is NC(=O)N1CCC=CC1N1CCCC1. The molecule has 14 heavy (non-hydrogen) atoms. The predicted molar refractivity (Wildman–Crippen MR) is 54.6 cm³/mol. The van der Waals surface area contributed by atoms with Crippen LogP contribution in [0.15, 0.2) is 12.2 Å². The standard InChI is InChI=1S/C10H17N3O/c11-10(14)13-8-2-1-5-9(13)12-6-3-4-7-12/h1,5,9H,2-4,6-8H2,(H2,11,14). The van der Waals surface area contributed by atoms with E-state index in [1.54, 1.807) is 4.90 Å². The van der Waals surface area contributed by atoms with Crippen LogP contribution in [0.3, 0.4) is 0 Å². The summed E-state index contributed by atoms with van der Waals surface area (Å²) >= 11 is 0. The van der Waals surface area contributed by atoms with Crippen LogP contribution in [-0.2, 0) is 0 Å². The van der Waals surface area contributed by atoms with Gasteiger partial charge < -0.3 is 10.6 Å². The number of carbonyl (C=O) groups excluding carboxylic acids is 1. The average molecular weight is 195 g/mol. The lowest BCUT2D eigenvalue weighted by atomic mass is 10.2. The van der Waals surface area contributed by atoms with Crippen molar-refractivity contribution in [1.29, 1.82) is 0 Å². The lowest BCUT2D eigenvalue weighted by Crippen LogP contribution is -2.52. The van der Waals surface area contributed by atoms with E-state index in [1.165, 1.54) is 12.8 Å². The fraction of sp³-hybridized carbons (Fsp3) is 0.700. The van der Waals surface area contributed by atoms with Gasteiger partial charge in [0.15, 0.2) is 0 Å². The number of rotatable bonds is 1. The molecule has 0 aromatic heterocycles. The smallest absolute Gasteiger partial charge is 0.316 e. The Morgan fingerprint density at radius 1 is 1.29 bits per heavy atom. The van der Waals surface area contributed by atoms with Gasteiger partial charge >= 0.3 is 6.03 Å². The zero-order valence-electron chi connectivity index (χ0n) is 8.35. The lowest BCUT2D eigenvalue weighted by molar-refractivity contribution is 0.113. The number of hydrogen-bond donors (Lipinski definition) is 1. The van der Waals surface area contributed by atoms with Crippen molar-refractivity contribution in [2.75, 3.05) is 19.6 Å². The summed E-state index contributed by atoms with van der Waals surface area (Å²) in [7, 11) is 0. The first kappa shape index (κ1) is 9.52. The number of amides is 2. The molecule has 0 bridgehead atoms. The van der Waals surface area contributed by atoms with Crippen LogP contribution in [0.5, 0.6) is 0 Å². The topological polar surface area (TPSA) is 49.6 Å². The van der Waals surface area contributed by atoms with Gasteiger partial charge in [0.25, 0.3) is 0 Å². The van der Waals surface area contributed by atoms with E-state index in [4.69, 9.17) is 5.73 Å². The maximum absolute atomic E-state index is 11.2. The monoisotopic (exact) mass is 195 g/mol. The molecule has 0 spiro atoms. The number of nitrogens with two attached hydrogens (primary N) is 1. The van der Waals surface area contributed by atoms with E-state index in [1.807, 2.05) is 0 Å².